The number of H-pyrrole nitrogens is 1. The van der Waals surface area contributed by atoms with Gasteiger partial charge >= 0.3 is 0 Å². The van der Waals surface area contributed by atoms with Crippen LogP contribution in [0.2, 0.25) is 0 Å². The van der Waals surface area contributed by atoms with E-state index < -0.39 is 24.3 Å². The first kappa shape index (κ1) is 19.3. The first-order valence-corrected chi connectivity index (χ1v) is 9.95. The minimum Gasteiger partial charge on any atom is -0.390 e. The molecule has 7 nitrogen and oxygen atoms in total. The Hall–Kier alpha value is -1.44. The molecule has 0 saturated heterocycles. The van der Waals surface area contributed by atoms with Crippen LogP contribution in [0, 0.1) is 11.8 Å². The monoisotopic (exact) mass is 364 g/mol. The van der Waals surface area contributed by atoms with Crippen LogP contribution in [-0.2, 0) is 11.2 Å². The van der Waals surface area contributed by atoms with Crippen molar-refractivity contribution >= 4 is 5.91 Å². The summed E-state index contributed by atoms with van der Waals surface area (Å²) < 4.78 is 0. The van der Waals surface area contributed by atoms with E-state index in [1.165, 1.54) is 19.3 Å². The van der Waals surface area contributed by atoms with Gasteiger partial charge in [-0.05, 0) is 31.1 Å². The molecule has 0 bridgehead atoms. The second-order valence-corrected chi connectivity index (χ2v) is 8.02. The molecule has 26 heavy (non-hydrogen) atoms. The number of aliphatic hydroxyl groups is 2. The summed E-state index contributed by atoms with van der Waals surface area (Å²) in [6.07, 6.45) is 10.4. The molecule has 1 heterocycles. The summed E-state index contributed by atoms with van der Waals surface area (Å²) in [5, 5.41) is 24.0. The van der Waals surface area contributed by atoms with E-state index in [2.05, 4.69) is 15.3 Å². The Morgan fingerprint density at radius 2 is 2.00 bits per heavy atom. The third kappa shape index (κ3) is 5.28. The molecule has 3 rings (SSSR count). The van der Waals surface area contributed by atoms with Crippen molar-refractivity contribution < 1.29 is 15.0 Å². The number of aromatic amines is 1. The van der Waals surface area contributed by atoms with E-state index in [0.29, 0.717) is 24.6 Å². The predicted molar refractivity (Wildman–Crippen MR) is 98.1 cm³/mol. The number of nitrogens with zero attached hydrogens (tertiary/aromatic N) is 1. The van der Waals surface area contributed by atoms with E-state index in [9.17, 15) is 15.0 Å². The second kappa shape index (κ2) is 8.97. The molecule has 4 atom stereocenters. The molecule has 2 saturated carbocycles. The maximum atomic E-state index is 12.6. The van der Waals surface area contributed by atoms with Crippen LogP contribution < -0.4 is 11.1 Å². The van der Waals surface area contributed by atoms with Crippen LogP contribution in [-0.4, -0.2) is 50.4 Å². The third-order valence-electron chi connectivity index (χ3n) is 5.81. The van der Waals surface area contributed by atoms with E-state index in [-0.39, 0.29) is 11.8 Å². The number of hydrogen-bond donors (Lipinski definition) is 5. The molecule has 2 aliphatic carbocycles. The predicted octanol–water partition coefficient (Wildman–Crippen LogP) is 0.866. The molecule has 6 N–H and O–H groups in total. The van der Waals surface area contributed by atoms with Gasteiger partial charge in [0.1, 0.15) is 11.9 Å². The molecule has 0 aliphatic heterocycles. The van der Waals surface area contributed by atoms with Crippen LogP contribution in [0.25, 0.3) is 0 Å². The van der Waals surface area contributed by atoms with E-state index >= 15 is 0 Å². The van der Waals surface area contributed by atoms with Crippen molar-refractivity contribution in [3.05, 3.63) is 18.2 Å². The summed E-state index contributed by atoms with van der Waals surface area (Å²) in [5.74, 6) is 1.00. The molecule has 0 radical (unpaired) electrons. The average molecular weight is 364 g/mol. The first-order chi connectivity index (χ1) is 12.5. The fourth-order valence-corrected chi connectivity index (χ4v) is 4.02. The molecule has 0 spiro atoms. The van der Waals surface area contributed by atoms with Gasteiger partial charge in [0, 0.05) is 18.8 Å². The zero-order valence-electron chi connectivity index (χ0n) is 15.3. The van der Waals surface area contributed by atoms with E-state index in [4.69, 9.17) is 5.73 Å². The molecular weight excluding hydrogens is 332 g/mol. The van der Waals surface area contributed by atoms with Crippen LogP contribution in [0.15, 0.2) is 12.4 Å². The maximum Gasteiger partial charge on any atom is 0.237 e. The molecule has 2 fully saturated rings. The lowest BCUT2D eigenvalue weighted by atomic mass is 9.82. The van der Waals surface area contributed by atoms with Crippen LogP contribution in [0.3, 0.4) is 0 Å². The number of aromatic nitrogens is 2. The van der Waals surface area contributed by atoms with E-state index in [1.807, 2.05) is 0 Å². The standard InChI is InChI=1S/C19H32N4O3/c20-14(11-16-21-8-9-22-16)19(26)23-15(10-12-4-2-1-3-5-12)18(25)17(24)13-6-7-13/h8-9,12-15,17-18,24-25H,1-7,10-11,20H2,(H,21,22)(H,23,26)/t14?,15-,17-,18-/m0/s1. The lowest BCUT2D eigenvalue weighted by Gasteiger charge is -2.33. The van der Waals surface area contributed by atoms with Crippen LogP contribution in [0.5, 0.6) is 0 Å². The van der Waals surface area contributed by atoms with Crippen LogP contribution in [0.1, 0.15) is 57.2 Å². The Morgan fingerprint density at radius 1 is 1.27 bits per heavy atom. The molecule has 1 aromatic rings. The summed E-state index contributed by atoms with van der Waals surface area (Å²) >= 11 is 0. The minimum atomic E-state index is -0.941. The number of nitrogens with two attached hydrogens (primary N) is 1. The van der Waals surface area contributed by atoms with Crippen molar-refractivity contribution in [3.8, 4) is 0 Å². The molecule has 7 heteroatoms. The van der Waals surface area contributed by atoms with Crippen molar-refractivity contribution in [1.82, 2.24) is 15.3 Å². The Morgan fingerprint density at radius 3 is 2.62 bits per heavy atom. The Labute approximate surface area is 154 Å². The molecule has 1 amide bonds. The molecular formula is C19H32N4O3. The topological polar surface area (TPSA) is 124 Å². The number of hydrogen-bond acceptors (Lipinski definition) is 5. The van der Waals surface area contributed by atoms with Crippen molar-refractivity contribution in [2.45, 2.75) is 82.1 Å². The summed E-state index contributed by atoms with van der Waals surface area (Å²) in [7, 11) is 0. The van der Waals surface area contributed by atoms with E-state index in [1.54, 1.807) is 12.4 Å². The fraction of sp³-hybridized carbons (Fsp3) is 0.789. The van der Waals surface area contributed by atoms with Gasteiger partial charge in [0.2, 0.25) is 5.91 Å². The van der Waals surface area contributed by atoms with Crippen molar-refractivity contribution in [2.24, 2.45) is 17.6 Å². The van der Waals surface area contributed by atoms with Gasteiger partial charge in [-0.15, -0.1) is 0 Å². The van der Waals surface area contributed by atoms with Crippen molar-refractivity contribution in [3.63, 3.8) is 0 Å². The molecule has 1 unspecified atom stereocenters. The summed E-state index contributed by atoms with van der Waals surface area (Å²) in [6, 6.07) is -1.19. The van der Waals surface area contributed by atoms with Crippen molar-refractivity contribution in [2.75, 3.05) is 0 Å². The summed E-state index contributed by atoms with van der Waals surface area (Å²) in [5.41, 5.74) is 6.02. The van der Waals surface area contributed by atoms with Crippen LogP contribution >= 0.6 is 0 Å². The largest absolute Gasteiger partial charge is 0.390 e. The summed E-state index contributed by atoms with van der Waals surface area (Å²) in [4.78, 5) is 19.6. The SMILES string of the molecule is NC(Cc1ncc[nH]1)C(=O)N[C@@H](CC1CCCCC1)[C@H](O)[C@@H](O)C1CC1. The number of carbonyl (C=O) groups excluding carboxylic acids is 1. The lowest BCUT2D eigenvalue weighted by molar-refractivity contribution is -0.125. The quantitative estimate of drug-likeness (QED) is 0.445. The first-order valence-electron chi connectivity index (χ1n) is 9.95. The second-order valence-electron chi connectivity index (χ2n) is 8.02. The number of carbonyl (C=O) groups is 1. The third-order valence-corrected chi connectivity index (χ3v) is 5.81. The number of nitrogens with one attached hydrogen (secondary N) is 2. The zero-order valence-corrected chi connectivity index (χ0v) is 15.3. The van der Waals surface area contributed by atoms with Gasteiger partial charge in [-0.2, -0.15) is 0 Å². The van der Waals surface area contributed by atoms with Gasteiger partial charge in [0.05, 0.1) is 18.2 Å². The highest BCUT2D eigenvalue weighted by Gasteiger charge is 2.39. The Kier molecular flexibility index (Phi) is 6.67. The Bertz CT molecular complexity index is 555. The number of imidazole rings is 1. The molecule has 2 aliphatic rings. The fourth-order valence-electron chi connectivity index (χ4n) is 4.02. The van der Waals surface area contributed by atoms with Gasteiger partial charge < -0.3 is 26.2 Å². The van der Waals surface area contributed by atoms with Gasteiger partial charge in [0.25, 0.3) is 0 Å². The molecule has 1 aromatic heterocycles. The summed E-state index contributed by atoms with van der Waals surface area (Å²) in [6.45, 7) is 0. The zero-order chi connectivity index (χ0) is 18.5. The smallest absolute Gasteiger partial charge is 0.237 e. The highest BCUT2D eigenvalue weighted by Crippen LogP contribution is 2.36. The number of amides is 1. The Balaban J connectivity index is 1.60. The highest BCUT2D eigenvalue weighted by molar-refractivity contribution is 5.82. The van der Waals surface area contributed by atoms with Crippen molar-refractivity contribution in [1.29, 1.82) is 0 Å². The molecule has 0 aromatic carbocycles. The van der Waals surface area contributed by atoms with Gasteiger partial charge in [-0.3, -0.25) is 4.79 Å². The average Bonchev–Trinajstić information content (AvgIpc) is 3.38. The normalized spacial score (nSPS) is 23.2. The van der Waals surface area contributed by atoms with E-state index in [0.717, 1.165) is 25.7 Å². The van der Waals surface area contributed by atoms with Gasteiger partial charge in [-0.1, -0.05) is 32.1 Å². The molecule has 146 valence electrons. The highest BCUT2D eigenvalue weighted by atomic mass is 16.3. The van der Waals surface area contributed by atoms with Crippen LogP contribution in [0.4, 0.5) is 0 Å². The number of aliphatic hydroxyl groups excluding tert-OH is 2. The minimum absolute atomic E-state index is 0.160. The van der Waals surface area contributed by atoms with Gasteiger partial charge in [0.15, 0.2) is 0 Å². The maximum absolute atomic E-state index is 12.6. The lowest BCUT2D eigenvalue weighted by Crippen LogP contribution is -2.54. The number of rotatable bonds is 9. The van der Waals surface area contributed by atoms with Gasteiger partial charge in [-0.25, -0.2) is 4.98 Å².